The molecule has 0 N–H and O–H groups in total. The molecule has 0 heterocycles. The van der Waals surface area contributed by atoms with Crippen LogP contribution in [-0.2, 0) is 5.41 Å². The van der Waals surface area contributed by atoms with Crippen molar-refractivity contribution in [2.45, 2.75) is 20.3 Å². The third-order valence-corrected chi connectivity index (χ3v) is 7.10. The summed E-state index contributed by atoms with van der Waals surface area (Å²) in [7, 11) is 0. The summed E-state index contributed by atoms with van der Waals surface area (Å²) in [5.41, 5.74) is 13.3. The van der Waals surface area contributed by atoms with Crippen LogP contribution in [0.5, 0.6) is 0 Å². The molecule has 0 saturated carbocycles. The van der Waals surface area contributed by atoms with E-state index < -0.39 is 0 Å². The molecule has 0 unspecified atom stereocenters. The van der Waals surface area contributed by atoms with Crippen molar-refractivity contribution in [1.82, 2.24) is 0 Å². The fourth-order valence-electron chi connectivity index (χ4n) is 5.91. The lowest BCUT2D eigenvalue weighted by Crippen LogP contribution is -2.25. The molecule has 0 bridgehead atoms. The standard InChI is InChI=1S/C31H20.2CH4/c1-2-10-21(11-3-1)22-18-19-30-26(20-22)25-14-6-9-17-29(25)31(30)27-15-7-4-12-23(27)24-13-5-8-16-28(24)31;;/h1-20H;2*1H4. The first-order chi connectivity index (χ1) is 15.4. The second kappa shape index (κ2) is 7.60. The van der Waals surface area contributed by atoms with E-state index in [2.05, 4.69) is 121 Å². The summed E-state index contributed by atoms with van der Waals surface area (Å²) in [4.78, 5) is 0. The summed E-state index contributed by atoms with van der Waals surface area (Å²) >= 11 is 0. The molecule has 0 nitrogen and oxygen atoms in total. The van der Waals surface area contributed by atoms with Crippen LogP contribution in [0, 0.1) is 0 Å². The molecule has 0 atom stereocenters. The summed E-state index contributed by atoms with van der Waals surface area (Å²) in [5, 5.41) is 0. The number of benzene rings is 5. The van der Waals surface area contributed by atoms with E-state index in [1.807, 2.05) is 0 Å². The Morgan fingerprint density at radius 3 is 1.30 bits per heavy atom. The van der Waals surface area contributed by atoms with Crippen LogP contribution in [0.2, 0.25) is 0 Å². The van der Waals surface area contributed by atoms with E-state index in [0.29, 0.717) is 0 Å². The molecule has 160 valence electrons. The van der Waals surface area contributed by atoms with E-state index in [4.69, 9.17) is 0 Å². The lowest BCUT2D eigenvalue weighted by Gasteiger charge is -2.30. The van der Waals surface area contributed by atoms with Gasteiger partial charge in [0.1, 0.15) is 0 Å². The van der Waals surface area contributed by atoms with Crippen LogP contribution in [0.3, 0.4) is 0 Å². The highest BCUT2D eigenvalue weighted by molar-refractivity contribution is 5.95. The molecule has 1 spiro atoms. The minimum Gasteiger partial charge on any atom is -0.0776 e. The van der Waals surface area contributed by atoms with E-state index in [-0.39, 0.29) is 20.3 Å². The predicted molar refractivity (Wildman–Crippen MR) is 142 cm³/mol. The average Bonchev–Trinajstić information content (AvgIpc) is 3.32. The molecule has 2 aliphatic carbocycles. The Labute approximate surface area is 197 Å². The van der Waals surface area contributed by atoms with Crippen molar-refractivity contribution >= 4 is 0 Å². The van der Waals surface area contributed by atoms with Gasteiger partial charge in [0.2, 0.25) is 0 Å². The van der Waals surface area contributed by atoms with Crippen molar-refractivity contribution in [3.8, 4) is 33.4 Å². The molecule has 5 aromatic rings. The van der Waals surface area contributed by atoms with Crippen LogP contribution < -0.4 is 0 Å². The molecule has 33 heavy (non-hydrogen) atoms. The van der Waals surface area contributed by atoms with Crippen LogP contribution in [0.25, 0.3) is 33.4 Å². The molecular weight excluding hydrogens is 396 g/mol. The van der Waals surface area contributed by atoms with Gasteiger partial charge in [-0.3, -0.25) is 0 Å². The van der Waals surface area contributed by atoms with Gasteiger partial charge in [0, 0.05) is 0 Å². The molecule has 0 saturated heterocycles. The maximum atomic E-state index is 2.39. The number of rotatable bonds is 1. The highest BCUT2D eigenvalue weighted by Gasteiger charge is 2.51. The van der Waals surface area contributed by atoms with Crippen molar-refractivity contribution in [2.75, 3.05) is 0 Å². The zero-order chi connectivity index (χ0) is 20.4. The number of hydrogen-bond donors (Lipinski definition) is 0. The van der Waals surface area contributed by atoms with Gasteiger partial charge in [-0.2, -0.15) is 0 Å². The molecule has 7 rings (SSSR count). The Balaban J connectivity index is 0.00000114. The van der Waals surface area contributed by atoms with Gasteiger partial charge >= 0.3 is 0 Å². The van der Waals surface area contributed by atoms with Crippen LogP contribution >= 0.6 is 0 Å². The first kappa shape index (κ1) is 21.0. The summed E-state index contributed by atoms with van der Waals surface area (Å²) in [6, 6.07) is 44.6. The molecule has 0 radical (unpaired) electrons. The summed E-state index contributed by atoms with van der Waals surface area (Å²) in [6.07, 6.45) is 0. The molecule has 0 aliphatic heterocycles. The number of hydrogen-bond acceptors (Lipinski definition) is 0. The topological polar surface area (TPSA) is 0 Å². The van der Waals surface area contributed by atoms with E-state index in [1.54, 1.807) is 0 Å². The molecule has 0 fully saturated rings. The Kier molecular flexibility index (Phi) is 4.83. The quantitative estimate of drug-likeness (QED) is 0.247. The zero-order valence-electron chi connectivity index (χ0n) is 17.0. The second-order valence-electron chi connectivity index (χ2n) is 8.51. The van der Waals surface area contributed by atoms with Gasteiger partial charge in [-0.25, -0.2) is 0 Å². The first-order valence-electron chi connectivity index (χ1n) is 10.9. The first-order valence-corrected chi connectivity index (χ1v) is 10.9. The third-order valence-electron chi connectivity index (χ3n) is 7.10. The van der Waals surface area contributed by atoms with Crippen molar-refractivity contribution in [3.63, 3.8) is 0 Å². The minimum atomic E-state index is -0.242. The van der Waals surface area contributed by atoms with Crippen LogP contribution in [0.15, 0.2) is 121 Å². The highest BCUT2D eigenvalue weighted by atomic mass is 14.5. The second-order valence-corrected chi connectivity index (χ2v) is 8.51. The zero-order valence-corrected chi connectivity index (χ0v) is 17.0. The fraction of sp³-hybridized carbons (Fsp3) is 0.0909. The van der Waals surface area contributed by atoms with Crippen molar-refractivity contribution in [3.05, 3.63) is 144 Å². The van der Waals surface area contributed by atoms with Gasteiger partial charge < -0.3 is 0 Å². The number of fused-ring (bicyclic) bond motifs is 10. The largest absolute Gasteiger partial charge is 0.0776 e. The van der Waals surface area contributed by atoms with Crippen molar-refractivity contribution in [1.29, 1.82) is 0 Å². The van der Waals surface area contributed by atoms with E-state index in [1.165, 1.54) is 55.6 Å². The van der Waals surface area contributed by atoms with Gasteiger partial charge in [-0.1, -0.05) is 130 Å². The summed E-state index contributed by atoms with van der Waals surface area (Å²) in [6.45, 7) is 0. The molecule has 0 aromatic heterocycles. The Bertz CT molecular complexity index is 1430. The summed E-state index contributed by atoms with van der Waals surface area (Å²) < 4.78 is 0. The lowest BCUT2D eigenvalue weighted by molar-refractivity contribution is 0.794. The molecular formula is C33H28. The minimum absolute atomic E-state index is 0. The van der Waals surface area contributed by atoms with Gasteiger partial charge in [0.15, 0.2) is 0 Å². The van der Waals surface area contributed by atoms with Crippen LogP contribution in [0.1, 0.15) is 37.1 Å². The average molecular weight is 425 g/mol. The van der Waals surface area contributed by atoms with Gasteiger partial charge in [-0.05, 0) is 61.7 Å². The maximum absolute atomic E-state index is 2.39. The highest BCUT2D eigenvalue weighted by Crippen LogP contribution is 2.62. The van der Waals surface area contributed by atoms with Crippen molar-refractivity contribution in [2.24, 2.45) is 0 Å². The van der Waals surface area contributed by atoms with Gasteiger partial charge in [0.25, 0.3) is 0 Å². The van der Waals surface area contributed by atoms with E-state index in [9.17, 15) is 0 Å². The molecule has 2 aliphatic rings. The third kappa shape index (κ3) is 2.58. The summed E-state index contributed by atoms with van der Waals surface area (Å²) in [5.74, 6) is 0. The predicted octanol–water partition coefficient (Wildman–Crippen LogP) is 8.97. The SMILES string of the molecule is C.C.c1ccc(-c2ccc3c(c2)-c2ccccc2C32c3ccccc3-c3ccccc32)cc1. The normalized spacial score (nSPS) is 13.2. The maximum Gasteiger partial charge on any atom is 0.0725 e. The van der Waals surface area contributed by atoms with Crippen LogP contribution in [0.4, 0.5) is 0 Å². The van der Waals surface area contributed by atoms with E-state index >= 15 is 0 Å². The molecule has 5 aromatic carbocycles. The van der Waals surface area contributed by atoms with Crippen LogP contribution in [-0.4, -0.2) is 0 Å². The van der Waals surface area contributed by atoms with Crippen molar-refractivity contribution < 1.29 is 0 Å². The smallest absolute Gasteiger partial charge is 0.0725 e. The fourth-order valence-corrected chi connectivity index (χ4v) is 5.91. The van der Waals surface area contributed by atoms with Gasteiger partial charge in [0.05, 0.1) is 5.41 Å². The molecule has 0 heteroatoms. The van der Waals surface area contributed by atoms with Gasteiger partial charge in [-0.15, -0.1) is 0 Å². The Morgan fingerprint density at radius 1 is 0.333 bits per heavy atom. The Hall–Kier alpha value is -3.90. The Morgan fingerprint density at radius 2 is 0.758 bits per heavy atom. The van der Waals surface area contributed by atoms with E-state index in [0.717, 1.165) is 0 Å². The lowest BCUT2D eigenvalue weighted by atomic mass is 9.70. The molecule has 0 amide bonds. The monoisotopic (exact) mass is 424 g/mol.